The van der Waals surface area contributed by atoms with Crippen molar-refractivity contribution in [3.63, 3.8) is 0 Å². The monoisotopic (exact) mass is 575 g/mol. The number of halogens is 3. The fourth-order valence-corrected chi connectivity index (χ4v) is 5.72. The predicted molar refractivity (Wildman–Crippen MR) is 145 cm³/mol. The van der Waals surface area contributed by atoms with Crippen molar-refractivity contribution in [2.24, 2.45) is 0 Å². The normalized spacial score (nSPS) is 11.9. The number of nitrogens with zero attached hydrogens (tertiary/aromatic N) is 2. The van der Waals surface area contributed by atoms with E-state index in [-0.39, 0.29) is 22.2 Å². The molecular weight excluding hydrogens is 551 g/mol. The lowest BCUT2D eigenvalue weighted by molar-refractivity contribution is -0.137. The first-order valence-corrected chi connectivity index (χ1v) is 14.0. The van der Waals surface area contributed by atoms with Crippen LogP contribution in [0.5, 0.6) is 0 Å². The number of benzene rings is 3. The summed E-state index contributed by atoms with van der Waals surface area (Å²) in [5.41, 5.74) is 1.93. The molecule has 0 aliphatic rings. The summed E-state index contributed by atoms with van der Waals surface area (Å²) in [7, 11) is -4.08. The molecule has 1 aromatic heterocycles. The molecule has 0 unspecified atom stereocenters. The lowest BCUT2D eigenvalue weighted by Gasteiger charge is -2.26. The van der Waals surface area contributed by atoms with E-state index in [0.717, 1.165) is 40.5 Å². The molecule has 0 radical (unpaired) electrons. The quantitative estimate of drug-likeness (QED) is 0.229. The maximum atomic E-state index is 12.8. The topological polar surface area (TPSA) is 99.6 Å². The second-order valence-corrected chi connectivity index (χ2v) is 11.5. The molecule has 4 rings (SSSR count). The van der Waals surface area contributed by atoms with E-state index in [1.807, 2.05) is 19.2 Å². The molecule has 1 heterocycles. The van der Waals surface area contributed by atoms with Crippen molar-refractivity contribution in [1.82, 2.24) is 4.98 Å². The summed E-state index contributed by atoms with van der Waals surface area (Å²) in [5.74, 6) is -0.981. The van der Waals surface area contributed by atoms with Gasteiger partial charge in [-0.2, -0.15) is 13.2 Å². The van der Waals surface area contributed by atoms with E-state index in [1.165, 1.54) is 11.3 Å². The van der Waals surface area contributed by atoms with Crippen LogP contribution in [0.4, 0.5) is 24.0 Å². The van der Waals surface area contributed by atoms with Gasteiger partial charge in [0.2, 0.25) is 0 Å². The van der Waals surface area contributed by atoms with Crippen LogP contribution in [0.15, 0.2) is 83.1 Å². The number of aromatic carboxylic acids is 1. The molecule has 0 aliphatic heterocycles. The third kappa shape index (κ3) is 6.76. The number of rotatable bonds is 9. The van der Waals surface area contributed by atoms with E-state index in [2.05, 4.69) is 9.62 Å². The number of nitrogens with one attached hydrogen (secondary N) is 1. The Bertz CT molecular complexity index is 1550. The number of thiazole rings is 1. The molecule has 39 heavy (non-hydrogen) atoms. The standard InChI is InChI=1S/C27H24F3N3O4S2/c1-17(2)33(15-18-3-5-20(6-4-18)25(34)35)26-31-24(16-38-26)19-7-11-22(12-8-19)32-39(36,37)23-13-9-21(10-14-23)27(28,29)30/h3-14,16-17,32H,15H2,1-2H3,(H,34,35). The van der Waals surface area contributed by atoms with Gasteiger partial charge in [0.1, 0.15) is 0 Å². The van der Waals surface area contributed by atoms with Crippen molar-refractivity contribution in [1.29, 1.82) is 0 Å². The van der Waals surface area contributed by atoms with Crippen LogP contribution in [0.2, 0.25) is 0 Å². The summed E-state index contributed by atoms with van der Waals surface area (Å²) in [6.07, 6.45) is -4.55. The summed E-state index contributed by atoms with van der Waals surface area (Å²) in [5, 5.41) is 11.8. The molecule has 0 saturated carbocycles. The van der Waals surface area contributed by atoms with Gasteiger partial charge in [0.05, 0.1) is 21.7 Å². The van der Waals surface area contributed by atoms with Gasteiger partial charge in [0.15, 0.2) is 5.13 Å². The van der Waals surface area contributed by atoms with Gasteiger partial charge < -0.3 is 10.0 Å². The zero-order valence-electron chi connectivity index (χ0n) is 20.8. The summed E-state index contributed by atoms with van der Waals surface area (Å²) >= 11 is 1.45. The van der Waals surface area contributed by atoms with E-state index < -0.39 is 27.7 Å². The minimum Gasteiger partial charge on any atom is -0.478 e. The molecule has 4 aromatic rings. The van der Waals surface area contributed by atoms with Crippen LogP contribution < -0.4 is 9.62 Å². The van der Waals surface area contributed by atoms with Crippen LogP contribution in [-0.2, 0) is 22.7 Å². The first-order chi connectivity index (χ1) is 18.3. The molecule has 12 heteroatoms. The van der Waals surface area contributed by atoms with Gasteiger partial charge >= 0.3 is 12.1 Å². The smallest absolute Gasteiger partial charge is 0.416 e. The summed E-state index contributed by atoms with van der Waals surface area (Å²) < 4.78 is 65.9. The molecule has 0 spiro atoms. The zero-order chi connectivity index (χ0) is 28.4. The third-order valence-electron chi connectivity index (χ3n) is 5.84. The maximum Gasteiger partial charge on any atom is 0.416 e. The summed E-state index contributed by atoms with van der Waals surface area (Å²) in [6, 6.07) is 16.6. The van der Waals surface area contributed by atoms with Crippen LogP contribution in [-0.4, -0.2) is 30.5 Å². The first kappa shape index (κ1) is 28.1. The number of hydrogen-bond acceptors (Lipinski definition) is 6. The molecule has 3 aromatic carbocycles. The second kappa shape index (κ2) is 11.1. The highest BCUT2D eigenvalue weighted by atomic mass is 32.2. The average Bonchev–Trinajstić information content (AvgIpc) is 3.37. The number of anilines is 2. The molecular formula is C27H24F3N3O4S2. The Morgan fingerprint density at radius 1 is 1.00 bits per heavy atom. The Morgan fingerprint density at radius 2 is 1.62 bits per heavy atom. The Balaban J connectivity index is 1.47. The molecule has 0 aliphatic carbocycles. The first-order valence-electron chi connectivity index (χ1n) is 11.7. The second-order valence-electron chi connectivity index (χ2n) is 8.94. The summed E-state index contributed by atoms with van der Waals surface area (Å²) in [4.78, 5) is 17.7. The van der Waals surface area contributed by atoms with Crippen molar-refractivity contribution in [3.05, 3.63) is 94.9 Å². The van der Waals surface area contributed by atoms with Gasteiger partial charge in [-0.3, -0.25) is 4.72 Å². The highest BCUT2D eigenvalue weighted by Crippen LogP contribution is 2.32. The average molecular weight is 576 g/mol. The number of carboxylic acids is 1. The Morgan fingerprint density at radius 3 is 2.15 bits per heavy atom. The molecule has 0 saturated heterocycles. The van der Waals surface area contributed by atoms with Crippen molar-refractivity contribution >= 4 is 38.1 Å². The number of aromatic nitrogens is 1. The van der Waals surface area contributed by atoms with Gasteiger partial charge in [0, 0.05) is 29.2 Å². The molecule has 0 amide bonds. The maximum absolute atomic E-state index is 12.8. The van der Waals surface area contributed by atoms with Crippen molar-refractivity contribution < 1.29 is 31.5 Å². The highest BCUT2D eigenvalue weighted by Gasteiger charge is 2.30. The fraction of sp³-hybridized carbons (Fsp3) is 0.185. The Hall–Kier alpha value is -3.90. The van der Waals surface area contributed by atoms with Crippen LogP contribution in [0, 0.1) is 0 Å². The lowest BCUT2D eigenvalue weighted by Crippen LogP contribution is -2.30. The zero-order valence-corrected chi connectivity index (χ0v) is 22.4. The molecule has 0 bridgehead atoms. The van der Waals surface area contributed by atoms with E-state index in [9.17, 15) is 26.4 Å². The predicted octanol–water partition coefficient (Wildman–Crippen LogP) is 6.74. The molecule has 7 nitrogen and oxygen atoms in total. The van der Waals surface area contributed by atoms with Gasteiger partial charge in [-0.05, 0) is 67.9 Å². The number of carboxylic acid groups (broad SMARTS) is 1. The highest BCUT2D eigenvalue weighted by molar-refractivity contribution is 7.92. The Kier molecular flexibility index (Phi) is 7.98. The number of hydrogen-bond donors (Lipinski definition) is 2. The molecule has 2 N–H and O–H groups in total. The van der Waals surface area contributed by atoms with E-state index >= 15 is 0 Å². The van der Waals surface area contributed by atoms with Crippen LogP contribution in [0.3, 0.4) is 0 Å². The SMILES string of the molecule is CC(C)N(Cc1ccc(C(=O)O)cc1)c1nc(-c2ccc(NS(=O)(=O)c3ccc(C(F)(F)F)cc3)cc2)cs1. The minimum absolute atomic E-state index is 0.116. The van der Waals surface area contributed by atoms with Gasteiger partial charge in [-0.25, -0.2) is 18.2 Å². The molecule has 0 atom stereocenters. The lowest BCUT2D eigenvalue weighted by atomic mass is 10.1. The van der Waals surface area contributed by atoms with Crippen LogP contribution in [0.25, 0.3) is 11.3 Å². The van der Waals surface area contributed by atoms with E-state index in [0.29, 0.717) is 12.2 Å². The van der Waals surface area contributed by atoms with Crippen LogP contribution in [0.1, 0.15) is 35.3 Å². The number of carbonyl (C=O) groups is 1. The van der Waals surface area contributed by atoms with Gasteiger partial charge in [0.25, 0.3) is 10.0 Å². The largest absolute Gasteiger partial charge is 0.478 e. The number of alkyl halides is 3. The minimum atomic E-state index is -4.55. The molecule has 204 valence electrons. The summed E-state index contributed by atoms with van der Waals surface area (Å²) in [6.45, 7) is 4.60. The van der Waals surface area contributed by atoms with Crippen molar-refractivity contribution in [2.45, 2.75) is 37.5 Å². The Labute approximate surface area is 227 Å². The van der Waals surface area contributed by atoms with Gasteiger partial charge in [-0.1, -0.05) is 24.3 Å². The fourth-order valence-electron chi connectivity index (χ4n) is 3.70. The number of sulfonamides is 1. The van der Waals surface area contributed by atoms with E-state index in [1.54, 1.807) is 48.5 Å². The molecule has 0 fully saturated rings. The van der Waals surface area contributed by atoms with Gasteiger partial charge in [-0.15, -0.1) is 11.3 Å². The third-order valence-corrected chi connectivity index (χ3v) is 8.11. The van der Waals surface area contributed by atoms with E-state index in [4.69, 9.17) is 10.1 Å². The van der Waals surface area contributed by atoms with Crippen molar-refractivity contribution in [3.8, 4) is 11.3 Å². The van der Waals surface area contributed by atoms with Crippen molar-refractivity contribution in [2.75, 3.05) is 9.62 Å². The van der Waals surface area contributed by atoms with Crippen LogP contribution >= 0.6 is 11.3 Å².